The van der Waals surface area contributed by atoms with Crippen molar-refractivity contribution in [2.75, 3.05) is 0 Å². The van der Waals surface area contributed by atoms with Crippen molar-refractivity contribution >= 4 is 6.08 Å². The first-order valence-corrected chi connectivity index (χ1v) is 4.97. The number of aliphatic imine (C=N–C) groups is 1. The van der Waals surface area contributed by atoms with Gasteiger partial charge in [-0.3, -0.25) is 0 Å². The maximum atomic E-state index is 10.2. The van der Waals surface area contributed by atoms with Crippen LogP contribution in [-0.4, -0.2) is 12.2 Å². The van der Waals surface area contributed by atoms with E-state index in [1.165, 1.54) is 0 Å². The molecule has 0 heterocycles. The quantitative estimate of drug-likeness (QED) is 0.560. The van der Waals surface area contributed by atoms with Gasteiger partial charge in [-0.05, 0) is 26.8 Å². The molecule has 0 aromatic heterocycles. The standard InChI is InChI=1S/C12H15NO2/c1-9(2)15-12-7-5-4-6-11(12)10(3)13-8-14/h4-7,9-10H,1-3H3. The summed E-state index contributed by atoms with van der Waals surface area (Å²) in [5.74, 6) is 0.777. The largest absolute Gasteiger partial charge is 0.491 e. The van der Waals surface area contributed by atoms with Gasteiger partial charge >= 0.3 is 0 Å². The summed E-state index contributed by atoms with van der Waals surface area (Å²) in [5, 5.41) is 0. The monoisotopic (exact) mass is 205 g/mol. The van der Waals surface area contributed by atoms with Crippen molar-refractivity contribution < 1.29 is 9.53 Å². The van der Waals surface area contributed by atoms with Crippen LogP contribution < -0.4 is 4.74 Å². The molecule has 1 rings (SSSR count). The highest BCUT2D eigenvalue weighted by molar-refractivity contribution is 5.40. The van der Waals surface area contributed by atoms with Crippen LogP contribution in [0.25, 0.3) is 0 Å². The van der Waals surface area contributed by atoms with Gasteiger partial charge in [0.25, 0.3) is 0 Å². The molecule has 1 atom stereocenters. The summed E-state index contributed by atoms with van der Waals surface area (Å²) in [6.45, 7) is 5.77. The van der Waals surface area contributed by atoms with E-state index < -0.39 is 0 Å². The van der Waals surface area contributed by atoms with Crippen molar-refractivity contribution in [3.63, 3.8) is 0 Å². The van der Waals surface area contributed by atoms with Gasteiger partial charge in [-0.2, -0.15) is 4.99 Å². The maximum absolute atomic E-state index is 10.2. The van der Waals surface area contributed by atoms with Crippen molar-refractivity contribution in [2.24, 2.45) is 4.99 Å². The Morgan fingerprint density at radius 2 is 1.93 bits per heavy atom. The Hall–Kier alpha value is -1.60. The Kier molecular flexibility index (Phi) is 4.07. The van der Waals surface area contributed by atoms with Crippen LogP contribution in [0.15, 0.2) is 29.3 Å². The predicted molar refractivity (Wildman–Crippen MR) is 58.7 cm³/mol. The van der Waals surface area contributed by atoms with Crippen LogP contribution in [0.2, 0.25) is 0 Å². The van der Waals surface area contributed by atoms with E-state index in [1.54, 1.807) is 6.08 Å². The number of hydrogen-bond donors (Lipinski definition) is 0. The smallest absolute Gasteiger partial charge is 0.235 e. The zero-order chi connectivity index (χ0) is 11.3. The molecule has 15 heavy (non-hydrogen) atoms. The first-order chi connectivity index (χ1) is 7.15. The van der Waals surface area contributed by atoms with Crippen molar-refractivity contribution in [1.82, 2.24) is 0 Å². The van der Waals surface area contributed by atoms with Crippen LogP contribution in [0, 0.1) is 0 Å². The van der Waals surface area contributed by atoms with E-state index in [0.717, 1.165) is 11.3 Å². The molecule has 0 radical (unpaired) electrons. The van der Waals surface area contributed by atoms with Gasteiger partial charge in [0, 0.05) is 5.56 Å². The van der Waals surface area contributed by atoms with Crippen LogP contribution >= 0.6 is 0 Å². The van der Waals surface area contributed by atoms with Gasteiger partial charge in [0.1, 0.15) is 5.75 Å². The molecule has 0 bridgehead atoms. The van der Waals surface area contributed by atoms with E-state index >= 15 is 0 Å². The zero-order valence-corrected chi connectivity index (χ0v) is 9.23. The molecule has 3 heteroatoms. The lowest BCUT2D eigenvalue weighted by molar-refractivity contribution is 0.239. The zero-order valence-electron chi connectivity index (χ0n) is 9.23. The molecule has 0 aliphatic carbocycles. The average molecular weight is 205 g/mol. The summed E-state index contributed by atoms with van der Waals surface area (Å²) in [4.78, 5) is 13.9. The number of isocyanates is 1. The fourth-order valence-electron chi connectivity index (χ4n) is 1.34. The first-order valence-electron chi connectivity index (χ1n) is 4.97. The molecular formula is C12H15NO2. The Balaban J connectivity index is 3.00. The van der Waals surface area contributed by atoms with Gasteiger partial charge in [0.2, 0.25) is 6.08 Å². The Morgan fingerprint density at radius 3 is 2.53 bits per heavy atom. The molecule has 1 aromatic carbocycles. The van der Waals surface area contributed by atoms with E-state index in [4.69, 9.17) is 4.74 Å². The van der Waals surface area contributed by atoms with Crippen molar-refractivity contribution in [3.8, 4) is 5.75 Å². The molecule has 0 N–H and O–H groups in total. The molecule has 0 saturated heterocycles. The highest BCUT2D eigenvalue weighted by Gasteiger charge is 2.10. The summed E-state index contributed by atoms with van der Waals surface area (Å²) in [6, 6.07) is 7.38. The first kappa shape index (κ1) is 11.5. The van der Waals surface area contributed by atoms with Gasteiger partial charge in [-0.15, -0.1) is 0 Å². The lowest BCUT2D eigenvalue weighted by atomic mass is 10.1. The number of hydrogen-bond acceptors (Lipinski definition) is 3. The molecular weight excluding hydrogens is 190 g/mol. The second-order valence-electron chi connectivity index (χ2n) is 3.60. The summed E-state index contributed by atoms with van der Waals surface area (Å²) >= 11 is 0. The fraction of sp³-hybridized carbons (Fsp3) is 0.417. The van der Waals surface area contributed by atoms with Crippen LogP contribution in [0.1, 0.15) is 32.4 Å². The van der Waals surface area contributed by atoms with Gasteiger partial charge in [0.15, 0.2) is 0 Å². The molecule has 1 unspecified atom stereocenters. The molecule has 0 spiro atoms. The third kappa shape index (κ3) is 3.22. The normalized spacial score (nSPS) is 12.0. The van der Waals surface area contributed by atoms with E-state index in [0.29, 0.717) is 0 Å². The lowest BCUT2D eigenvalue weighted by Crippen LogP contribution is -2.08. The minimum absolute atomic E-state index is 0.110. The second-order valence-corrected chi connectivity index (χ2v) is 3.60. The van der Waals surface area contributed by atoms with Gasteiger partial charge < -0.3 is 4.74 Å². The highest BCUT2D eigenvalue weighted by atomic mass is 16.5. The van der Waals surface area contributed by atoms with E-state index in [-0.39, 0.29) is 12.1 Å². The predicted octanol–water partition coefficient (Wildman–Crippen LogP) is 2.87. The number of nitrogens with zero attached hydrogens (tertiary/aromatic N) is 1. The summed E-state index contributed by atoms with van der Waals surface area (Å²) in [6.07, 6.45) is 1.68. The summed E-state index contributed by atoms with van der Waals surface area (Å²) < 4.78 is 5.62. The molecule has 3 nitrogen and oxygen atoms in total. The molecule has 80 valence electrons. The number of carbonyl (C=O) groups excluding carboxylic acids is 1. The third-order valence-electron chi connectivity index (χ3n) is 1.98. The van der Waals surface area contributed by atoms with Crippen LogP contribution in [0.5, 0.6) is 5.75 Å². The van der Waals surface area contributed by atoms with Gasteiger partial charge in [0.05, 0.1) is 12.1 Å². The molecule has 0 fully saturated rings. The van der Waals surface area contributed by atoms with Crippen LogP contribution in [-0.2, 0) is 4.79 Å². The molecule has 0 saturated carbocycles. The number of para-hydroxylation sites is 1. The van der Waals surface area contributed by atoms with Gasteiger partial charge in [-0.1, -0.05) is 18.2 Å². The van der Waals surface area contributed by atoms with Crippen molar-refractivity contribution in [2.45, 2.75) is 32.9 Å². The lowest BCUT2D eigenvalue weighted by Gasteiger charge is -2.15. The Labute approximate surface area is 89.8 Å². The van der Waals surface area contributed by atoms with E-state index in [1.807, 2.05) is 45.0 Å². The number of benzene rings is 1. The molecule has 0 aliphatic rings. The fourth-order valence-corrected chi connectivity index (χ4v) is 1.34. The van der Waals surface area contributed by atoms with Crippen molar-refractivity contribution in [3.05, 3.63) is 29.8 Å². The summed E-state index contributed by atoms with van der Waals surface area (Å²) in [5.41, 5.74) is 0.912. The van der Waals surface area contributed by atoms with Crippen molar-refractivity contribution in [1.29, 1.82) is 0 Å². The van der Waals surface area contributed by atoms with E-state index in [9.17, 15) is 4.79 Å². The molecule has 1 aromatic rings. The number of rotatable bonds is 4. The Morgan fingerprint density at radius 1 is 1.27 bits per heavy atom. The van der Waals surface area contributed by atoms with Crippen LogP contribution in [0.3, 0.4) is 0 Å². The number of ether oxygens (including phenoxy) is 1. The van der Waals surface area contributed by atoms with Gasteiger partial charge in [-0.25, -0.2) is 4.79 Å². The maximum Gasteiger partial charge on any atom is 0.235 e. The SMILES string of the molecule is CC(C)Oc1ccccc1C(C)N=C=O. The highest BCUT2D eigenvalue weighted by Crippen LogP contribution is 2.27. The molecule has 0 aliphatic heterocycles. The minimum Gasteiger partial charge on any atom is -0.491 e. The van der Waals surface area contributed by atoms with E-state index in [2.05, 4.69) is 4.99 Å². The summed E-state index contributed by atoms with van der Waals surface area (Å²) in [7, 11) is 0. The topological polar surface area (TPSA) is 38.7 Å². The third-order valence-corrected chi connectivity index (χ3v) is 1.98. The second kappa shape index (κ2) is 5.32. The Bertz CT molecular complexity index is 368. The minimum atomic E-state index is -0.211. The average Bonchev–Trinajstić information content (AvgIpc) is 2.18. The van der Waals surface area contributed by atoms with Crippen LogP contribution in [0.4, 0.5) is 0 Å². The molecule has 0 amide bonds.